The predicted octanol–water partition coefficient (Wildman–Crippen LogP) is 2.36. The molecule has 2 atom stereocenters. The molecule has 4 heteroatoms. The number of ketones is 2. The van der Waals surface area contributed by atoms with E-state index in [-0.39, 0.29) is 18.0 Å². The van der Waals surface area contributed by atoms with E-state index in [1.54, 1.807) is 0 Å². The van der Waals surface area contributed by atoms with Gasteiger partial charge in [0.05, 0.1) is 5.60 Å². The molecule has 100 valence electrons. The number of carbonyl (C=O) groups excluding carboxylic acids is 2. The van der Waals surface area contributed by atoms with Crippen LogP contribution in [-0.2, 0) is 9.59 Å². The molecule has 2 aliphatic carbocycles. The van der Waals surface area contributed by atoms with E-state index in [2.05, 4.69) is 0 Å². The Kier molecular flexibility index (Phi) is 3.02. The molecule has 1 aromatic rings. The van der Waals surface area contributed by atoms with Crippen LogP contribution in [0.2, 0.25) is 0 Å². The lowest BCUT2D eigenvalue weighted by molar-refractivity contribution is -0.133. The Morgan fingerprint density at radius 1 is 1.05 bits per heavy atom. The van der Waals surface area contributed by atoms with Gasteiger partial charge in [-0.05, 0) is 25.0 Å². The quantitative estimate of drug-likeness (QED) is 0.901. The van der Waals surface area contributed by atoms with Crippen molar-refractivity contribution in [2.45, 2.75) is 47.3 Å². The number of aliphatic hydroxyl groups is 1. The molecule has 3 nitrogen and oxygen atoms in total. The molecule has 2 aliphatic rings. The zero-order chi connectivity index (χ0) is 13.5. The third-order valence-corrected chi connectivity index (χ3v) is 5.92. The molecule has 1 aromatic carbocycles. The average Bonchev–Trinajstić information content (AvgIpc) is 2.64. The Hall–Kier alpha value is -1.13. The Bertz CT molecular complexity index is 527. The fraction of sp³-hybridized carbons (Fsp3) is 0.467. The van der Waals surface area contributed by atoms with Gasteiger partial charge in [-0.3, -0.25) is 9.59 Å². The van der Waals surface area contributed by atoms with Gasteiger partial charge in [-0.15, -0.1) is 11.8 Å². The first kappa shape index (κ1) is 12.9. The third-order valence-electron chi connectivity index (χ3n) is 4.25. The number of carbonyl (C=O) groups is 2. The van der Waals surface area contributed by atoms with E-state index in [1.807, 2.05) is 30.3 Å². The van der Waals surface area contributed by atoms with Gasteiger partial charge >= 0.3 is 0 Å². The van der Waals surface area contributed by atoms with Gasteiger partial charge in [0.1, 0.15) is 10.5 Å². The van der Waals surface area contributed by atoms with Gasteiger partial charge in [0.15, 0.2) is 5.78 Å². The van der Waals surface area contributed by atoms with Gasteiger partial charge in [0.2, 0.25) is 0 Å². The van der Waals surface area contributed by atoms with Crippen molar-refractivity contribution in [2.24, 2.45) is 0 Å². The Labute approximate surface area is 116 Å². The van der Waals surface area contributed by atoms with Gasteiger partial charge in [0.25, 0.3) is 0 Å². The van der Waals surface area contributed by atoms with E-state index in [9.17, 15) is 14.7 Å². The molecule has 2 saturated carbocycles. The summed E-state index contributed by atoms with van der Waals surface area (Å²) in [6.07, 6.45) is 1.77. The molecule has 0 heterocycles. The zero-order valence-electron chi connectivity index (χ0n) is 10.6. The van der Waals surface area contributed by atoms with Crippen LogP contribution < -0.4 is 0 Å². The molecule has 0 radical (unpaired) electrons. The number of hydrogen-bond acceptors (Lipinski definition) is 4. The second-order valence-electron chi connectivity index (χ2n) is 5.41. The minimum Gasteiger partial charge on any atom is -0.387 e. The first-order chi connectivity index (χ1) is 9.06. The Morgan fingerprint density at radius 2 is 1.79 bits per heavy atom. The van der Waals surface area contributed by atoms with E-state index in [1.165, 1.54) is 11.8 Å². The lowest BCUT2D eigenvalue weighted by Crippen LogP contribution is -2.55. The van der Waals surface area contributed by atoms with Crippen LogP contribution in [0.25, 0.3) is 0 Å². The highest BCUT2D eigenvalue weighted by Crippen LogP contribution is 2.55. The molecule has 0 spiro atoms. The van der Waals surface area contributed by atoms with Gasteiger partial charge in [0, 0.05) is 24.2 Å². The fourth-order valence-corrected chi connectivity index (χ4v) is 4.69. The van der Waals surface area contributed by atoms with Crippen molar-refractivity contribution in [3.05, 3.63) is 30.3 Å². The molecule has 19 heavy (non-hydrogen) atoms. The summed E-state index contributed by atoms with van der Waals surface area (Å²) < 4.78 is -0.817. The van der Waals surface area contributed by atoms with Crippen LogP contribution in [0.4, 0.5) is 0 Å². The van der Waals surface area contributed by atoms with Crippen molar-refractivity contribution in [3.8, 4) is 0 Å². The lowest BCUT2D eigenvalue weighted by atomic mass is 9.76. The molecule has 0 unspecified atom stereocenters. The summed E-state index contributed by atoms with van der Waals surface area (Å²) in [4.78, 5) is 25.0. The van der Waals surface area contributed by atoms with Crippen LogP contribution >= 0.6 is 11.8 Å². The highest BCUT2D eigenvalue weighted by atomic mass is 32.2. The second-order valence-corrected chi connectivity index (χ2v) is 6.78. The summed E-state index contributed by atoms with van der Waals surface area (Å²) in [5.74, 6) is 0.165. The summed E-state index contributed by atoms with van der Waals surface area (Å²) >= 11 is 1.44. The van der Waals surface area contributed by atoms with Gasteiger partial charge in [-0.25, -0.2) is 0 Å². The molecule has 1 N–H and O–H groups in total. The average molecular weight is 276 g/mol. The van der Waals surface area contributed by atoms with Gasteiger partial charge in [-0.1, -0.05) is 18.2 Å². The number of hydrogen-bond donors (Lipinski definition) is 1. The van der Waals surface area contributed by atoms with E-state index in [0.717, 1.165) is 4.90 Å². The molecular weight excluding hydrogens is 260 g/mol. The van der Waals surface area contributed by atoms with E-state index in [0.29, 0.717) is 25.7 Å². The maximum absolute atomic E-state index is 12.4. The van der Waals surface area contributed by atoms with E-state index in [4.69, 9.17) is 0 Å². The standard InChI is InChI=1S/C15H16O3S/c16-11-6-9-15(19-12-4-2-1-3-5-12)13(17)7-8-14(15,18)10-11/h1-5,18H,6-10H2/t14-,15-/m1/s1. The molecule has 2 fully saturated rings. The zero-order valence-corrected chi connectivity index (χ0v) is 11.4. The van der Waals surface area contributed by atoms with Crippen LogP contribution in [0.15, 0.2) is 35.2 Å². The highest BCUT2D eigenvalue weighted by Gasteiger charge is 2.62. The normalized spacial score (nSPS) is 34.4. The van der Waals surface area contributed by atoms with E-state index < -0.39 is 10.3 Å². The van der Waals surface area contributed by atoms with Crippen LogP contribution in [0.5, 0.6) is 0 Å². The number of thioether (sulfide) groups is 1. The Morgan fingerprint density at radius 3 is 2.53 bits per heavy atom. The van der Waals surface area contributed by atoms with Crippen molar-refractivity contribution in [2.75, 3.05) is 0 Å². The number of fused-ring (bicyclic) bond motifs is 1. The molecule has 0 saturated heterocycles. The largest absolute Gasteiger partial charge is 0.387 e. The fourth-order valence-electron chi connectivity index (χ4n) is 3.21. The minimum atomic E-state index is -1.15. The predicted molar refractivity (Wildman–Crippen MR) is 73.1 cm³/mol. The Balaban J connectivity index is 1.98. The monoisotopic (exact) mass is 276 g/mol. The molecule has 3 rings (SSSR count). The number of benzene rings is 1. The third kappa shape index (κ3) is 1.94. The van der Waals surface area contributed by atoms with Crippen molar-refractivity contribution in [1.82, 2.24) is 0 Å². The second kappa shape index (κ2) is 4.46. The van der Waals surface area contributed by atoms with Crippen LogP contribution in [0, 0.1) is 0 Å². The molecule has 0 bridgehead atoms. The summed E-state index contributed by atoms with van der Waals surface area (Å²) in [5.41, 5.74) is -1.15. The summed E-state index contributed by atoms with van der Waals surface area (Å²) in [7, 11) is 0. The van der Waals surface area contributed by atoms with Crippen LogP contribution in [0.1, 0.15) is 32.1 Å². The smallest absolute Gasteiger partial charge is 0.152 e. The van der Waals surface area contributed by atoms with Crippen molar-refractivity contribution < 1.29 is 14.7 Å². The van der Waals surface area contributed by atoms with Crippen LogP contribution in [-0.4, -0.2) is 27.0 Å². The van der Waals surface area contributed by atoms with Crippen molar-refractivity contribution in [1.29, 1.82) is 0 Å². The minimum absolute atomic E-state index is 0.0708. The topological polar surface area (TPSA) is 54.4 Å². The summed E-state index contributed by atoms with van der Waals surface area (Å²) in [6.45, 7) is 0. The first-order valence-electron chi connectivity index (χ1n) is 6.57. The number of Topliss-reactive ketones (excluding diaryl/α,β-unsaturated/α-hetero) is 2. The first-order valence-corrected chi connectivity index (χ1v) is 7.39. The maximum Gasteiger partial charge on any atom is 0.152 e. The molecule has 0 aromatic heterocycles. The van der Waals surface area contributed by atoms with Crippen LogP contribution in [0.3, 0.4) is 0 Å². The number of rotatable bonds is 2. The highest BCUT2D eigenvalue weighted by molar-refractivity contribution is 8.01. The molecule has 0 amide bonds. The molecular formula is C15H16O3S. The van der Waals surface area contributed by atoms with Crippen molar-refractivity contribution in [3.63, 3.8) is 0 Å². The summed E-state index contributed by atoms with van der Waals surface area (Å²) in [6, 6.07) is 9.66. The maximum atomic E-state index is 12.4. The van der Waals surface area contributed by atoms with Gasteiger partial charge in [-0.2, -0.15) is 0 Å². The van der Waals surface area contributed by atoms with Gasteiger partial charge < -0.3 is 5.11 Å². The summed E-state index contributed by atoms with van der Waals surface area (Å²) in [5, 5.41) is 10.8. The van der Waals surface area contributed by atoms with E-state index >= 15 is 0 Å². The molecule has 0 aliphatic heterocycles. The SMILES string of the molecule is O=C1CC[C@@]2(Sc3ccccc3)C(=O)CC[C@@]2(O)C1. The van der Waals surface area contributed by atoms with Crippen molar-refractivity contribution >= 4 is 23.3 Å². The lowest BCUT2D eigenvalue weighted by Gasteiger charge is -2.43.